The molecule has 0 fully saturated rings. The Kier molecular flexibility index (Phi) is 4.15. The summed E-state index contributed by atoms with van der Waals surface area (Å²) in [6, 6.07) is 2.36. The standard InChI is InChI=1S/C15H20ClN3S/c1-3-12-15(16)13(19(2)18-12)9-17-8-11-7-10-5-4-6-14(10)20-11/h7,17H,3-6,8-9H2,1-2H3. The van der Waals surface area contributed by atoms with Crippen molar-refractivity contribution in [2.75, 3.05) is 0 Å². The Bertz CT molecular complexity index is 593. The molecule has 0 saturated carbocycles. The molecule has 108 valence electrons. The Labute approximate surface area is 129 Å². The van der Waals surface area contributed by atoms with Crippen LogP contribution in [0.15, 0.2) is 6.07 Å². The van der Waals surface area contributed by atoms with Gasteiger partial charge in [-0.15, -0.1) is 11.3 Å². The molecule has 3 rings (SSSR count). The van der Waals surface area contributed by atoms with Crippen molar-refractivity contribution >= 4 is 22.9 Å². The molecule has 1 aliphatic carbocycles. The number of aromatic nitrogens is 2. The van der Waals surface area contributed by atoms with Crippen LogP contribution in [-0.2, 0) is 39.4 Å². The molecule has 1 N–H and O–H groups in total. The maximum absolute atomic E-state index is 6.35. The van der Waals surface area contributed by atoms with E-state index in [1.165, 1.54) is 24.1 Å². The van der Waals surface area contributed by atoms with E-state index in [1.807, 2.05) is 23.1 Å². The van der Waals surface area contributed by atoms with E-state index in [-0.39, 0.29) is 0 Å². The molecule has 0 aromatic carbocycles. The average molecular weight is 310 g/mol. The minimum Gasteiger partial charge on any atom is -0.306 e. The second kappa shape index (κ2) is 5.88. The largest absolute Gasteiger partial charge is 0.306 e. The van der Waals surface area contributed by atoms with Gasteiger partial charge >= 0.3 is 0 Å². The fourth-order valence-electron chi connectivity index (χ4n) is 2.79. The predicted octanol–water partition coefficient (Wildman–Crippen LogP) is 3.48. The lowest BCUT2D eigenvalue weighted by molar-refractivity contribution is 0.626. The highest BCUT2D eigenvalue weighted by atomic mass is 35.5. The lowest BCUT2D eigenvalue weighted by Crippen LogP contribution is -2.15. The van der Waals surface area contributed by atoms with Crippen LogP contribution < -0.4 is 5.32 Å². The molecule has 0 aliphatic heterocycles. The number of fused-ring (bicyclic) bond motifs is 1. The Hall–Kier alpha value is -0.840. The van der Waals surface area contributed by atoms with Gasteiger partial charge in [-0.25, -0.2) is 0 Å². The van der Waals surface area contributed by atoms with Crippen molar-refractivity contribution in [3.05, 3.63) is 37.8 Å². The highest BCUT2D eigenvalue weighted by Crippen LogP contribution is 2.30. The van der Waals surface area contributed by atoms with Gasteiger partial charge in [0.15, 0.2) is 0 Å². The normalized spacial score (nSPS) is 13.9. The number of rotatable bonds is 5. The number of hydrogen-bond acceptors (Lipinski definition) is 3. The summed E-state index contributed by atoms with van der Waals surface area (Å²) in [6.45, 7) is 3.77. The second-order valence-electron chi connectivity index (χ2n) is 5.30. The molecule has 1 aliphatic rings. The molecular formula is C15H20ClN3S. The van der Waals surface area contributed by atoms with E-state index in [1.54, 1.807) is 10.4 Å². The van der Waals surface area contributed by atoms with Crippen molar-refractivity contribution in [3.63, 3.8) is 0 Å². The number of aryl methyl sites for hydroxylation is 4. The topological polar surface area (TPSA) is 29.9 Å². The molecule has 0 spiro atoms. The molecule has 2 aromatic heterocycles. The van der Waals surface area contributed by atoms with Crippen molar-refractivity contribution < 1.29 is 0 Å². The van der Waals surface area contributed by atoms with Crippen LogP contribution in [0.25, 0.3) is 0 Å². The van der Waals surface area contributed by atoms with Crippen molar-refractivity contribution in [1.82, 2.24) is 15.1 Å². The van der Waals surface area contributed by atoms with E-state index in [0.29, 0.717) is 0 Å². The van der Waals surface area contributed by atoms with Gasteiger partial charge in [0.1, 0.15) is 0 Å². The molecule has 2 heterocycles. The number of hydrogen-bond donors (Lipinski definition) is 1. The molecule has 3 nitrogen and oxygen atoms in total. The third-order valence-corrected chi connectivity index (χ3v) is 5.57. The van der Waals surface area contributed by atoms with Gasteiger partial charge in [0.05, 0.1) is 16.4 Å². The van der Waals surface area contributed by atoms with E-state index in [9.17, 15) is 0 Å². The van der Waals surface area contributed by atoms with Crippen molar-refractivity contribution in [3.8, 4) is 0 Å². The van der Waals surface area contributed by atoms with Crippen LogP contribution in [0.5, 0.6) is 0 Å². The first-order valence-electron chi connectivity index (χ1n) is 7.20. The fourth-order valence-corrected chi connectivity index (χ4v) is 4.38. The van der Waals surface area contributed by atoms with Gasteiger partial charge in [0.2, 0.25) is 0 Å². The summed E-state index contributed by atoms with van der Waals surface area (Å²) < 4.78 is 1.89. The van der Waals surface area contributed by atoms with Gasteiger partial charge in [0.25, 0.3) is 0 Å². The predicted molar refractivity (Wildman–Crippen MR) is 84.5 cm³/mol. The molecule has 0 saturated heterocycles. The minimum atomic E-state index is 0.769. The summed E-state index contributed by atoms with van der Waals surface area (Å²) in [5.41, 5.74) is 3.63. The van der Waals surface area contributed by atoms with Crippen LogP contribution in [-0.4, -0.2) is 9.78 Å². The number of halogens is 1. The maximum Gasteiger partial charge on any atom is 0.0863 e. The molecule has 0 radical (unpaired) electrons. The molecular weight excluding hydrogens is 290 g/mol. The van der Waals surface area contributed by atoms with Gasteiger partial charge in [-0.05, 0) is 37.3 Å². The first-order valence-corrected chi connectivity index (χ1v) is 8.40. The highest BCUT2D eigenvalue weighted by Gasteiger charge is 2.15. The van der Waals surface area contributed by atoms with Crippen molar-refractivity contribution in [2.45, 2.75) is 45.7 Å². The summed E-state index contributed by atoms with van der Waals surface area (Å²) in [4.78, 5) is 3.03. The second-order valence-corrected chi connectivity index (χ2v) is 6.90. The Balaban J connectivity index is 1.61. The molecule has 5 heteroatoms. The van der Waals surface area contributed by atoms with Crippen LogP contribution in [0.2, 0.25) is 5.02 Å². The fraction of sp³-hybridized carbons (Fsp3) is 0.533. The quantitative estimate of drug-likeness (QED) is 0.916. The monoisotopic (exact) mass is 309 g/mol. The zero-order chi connectivity index (χ0) is 14.1. The maximum atomic E-state index is 6.35. The molecule has 0 bridgehead atoms. The zero-order valence-corrected chi connectivity index (χ0v) is 13.6. The molecule has 2 aromatic rings. The number of nitrogens with zero attached hydrogens (tertiary/aromatic N) is 2. The number of nitrogens with one attached hydrogen (secondary N) is 1. The molecule has 20 heavy (non-hydrogen) atoms. The molecule has 0 amide bonds. The van der Waals surface area contributed by atoms with E-state index in [4.69, 9.17) is 11.6 Å². The van der Waals surface area contributed by atoms with Crippen LogP contribution >= 0.6 is 22.9 Å². The lowest BCUT2D eigenvalue weighted by atomic mass is 10.2. The Morgan fingerprint density at radius 2 is 2.25 bits per heavy atom. The van der Waals surface area contributed by atoms with Crippen LogP contribution in [0, 0.1) is 0 Å². The third kappa shape index (κ3) is 2.65. The van der Waals surface area contributed by atoms with Gasteiger partial charge in [-0.1, -0.05) is 18.5 Å². The highest BCUT2D eigenvalue weighted by molar-refractivity contribution is 7.12. The van der Waals surface area contributed by atoms with E-state index >= 15 is 0 Å². The van der Waals surface area contributed by atoms with E-state index in [2.05, 4.69) is 23.4 Å². The minimum absolute atomic E-state index is 0.769. The molecule has 0 unspecified atom stereocenters. The van der Waals surface area contributed by atoms with Gasteiger partial charge < -0.3 is 5.32 Å². The summed E-state index contributed by atoms with van der Waals surface area (Å²) in [7, 11) is 1.96. The molecule has 0 atom stereocenters. The zero-order valence-electron chi connectivity index (χ0n) is 12.0. The Morgan fingerprint density at radius 3 is 2.95 bits per heavy atom. The van der Waals surface area contributed by atoms with Gasteiger partial charge in [-0.3, -0.25) is 4.68 Å². The van der Waals surface area contributed by atoms with Gasteiger partial charge in [-0.2, -0.15) is 5.10 Å². The van der Waals surface area contributed by atoms with Crippen LogP contribution in [0.4, 0.5) is 0 Å². The van der Waals surface area contributed by atoms with E-state index < -0.39 is 0 Å². The van der Waals surface area contributed by atoms with Crippen molar-refractivity contribution in [1.29, 1.82) is 0 Å². The number of thiophene rings is 1. The average Bonchev–Trinajstić information content (AvgIpc) is 3.06. The van der Waals surface area contributed by atoms with E-state index in [0.717, 1.165) is 35.9 Å². The SMILES string of the molecule is CCc1nn(C)c(CNCc2cc3c(s2)CCC3)c1Cl. The lowest BCUT2D eigenvalue weighted by Gasteiger charge is -2.04. The van der Waals surface area contributed by atoms with Crippen molar-refractivity contribution in [2.24, 2.45) is 7.05 Å². The summed E-state index contributed by atoms with van der Waals surface area (Å²) in [5.74, 6) is 0. The summed E-state index contributed by atoms with van der Waals surface area (Å²) >= 11 is 8.31. The third-order valence-electron chi connectivity index (χ3n) is 3.89. The van der Waals surface area contributed by atoms with Crippen LogP contribution in [0.3, 0.4) is 0 Å². The Morgan fingerprint density at radius 1 is 1.40 bits per heavy atom. The van der Waals surface area contributed by atoms with Gasteiger partial charge in [0, 0.05) is 29.9 Å². The first kappa shape index (κ1) is 14.1. The smallest absolute Gasteiger partial charge is 0.0863 e. The van der Waals surface area contributed by atoms with Crippen LogP contribution in [0.1, 0.15) is 40.1 Å². The summed E-state index contributed by atoms with van der Waals surface area (Å²) in [5, 5.41) is 8.75. The first-order chi connectivity index (χ1) is 9.69. The summed E-state index contributed by atoms with van der Waals surface area (Å²) in [6.07, 6.45) is 4.75.